The highest BCUT2D eigenvalue weighted by Crippen LogP contribution is 2.46. The van der Waals surface area contributed by atoms with Crippen LogP contribution in [0.5, 0.6) is 11.5 Å². The molecule has 2 aromatic carbocycles. The Labute approximate surface area is 234 Å². The van der Waals surface area contributed by atoms with E-state index in [1.807, 2.05) is 35.0 Å². The van der Waals surface area contributed by atoms with Crippen LogP contribution in [0.25, 0.3) is 22.5 Å². The van der Waals surface area contributed by atoms with E-state index in [4.69, 9.17) is 24.0 Å². The van der Waals surface area contributed by atoms with Crippen molar-refractivity contribution in [1.82, 2.24) is 9.78 Å². The van der Waals surface area contributed by atoms with Crippen LogP contribution in [0.2, 0.25) is 51.4 Å². The van der Waals surface area contributed by atoms with Crippen LogP contribution in [0.3, 0.4) is 0 Å². The molecule has 1 heterocycles. The number of nitrogens with zero attached hydrogens (tertiary/aromatic N) is 3. The van der Waals surface area contributed by atoms with Crippen molar-refractivity contribution < 1.29 is 18.9 Å². The number of fused-ring (bicyclic) bond motifs is 3. The van der Waals surface area contributed by atoms with Gasteiger partial charge in [0.2, 0.25) is 0 Å². The first-order chi connectivity index (χ1) is 18.5. The quantitative estimate of drug-likeness (QED) is 0.0989. The average Bonchev–Trinajstić information content (AvgIpc) is 3.41. The van der Waals surface area contributed by atoms with E-state index in [9.17, 15) is 5.26 Å². The number of benzene rings is 2. The Morgan fingerprint density at radius 3 is 2.21 bits per heavy atom. The van der Waals surface area contributed by atoms with Crippen molar-refractivity contribution in [2.75, 3.05) is 27.1 Å². The maximum atomic E-state index is 9.24. The minimum absolute atomic E-state index is 0.196. The van der Waals surface area contributed by atoms with Gasteiger partial charge in [-0.1, -0.05) is 51.4 Å². The van der Waals surface area contributed by atoms with Gasteiger partial charge in [0.1, 0.15) is 6.73 Å². The molecule has 3 aromatic rings. The van der Waals surface area contributed by atoms with Crippen molar-refractivity contribution in [3.8, 4) is 40.1 Å². The lowest BCUT2D eigenvalue weighted by molar-refractivity contribution is 0.0205. The number of hydrogen-bond donors (Lipinski definition) is 0. The van der Waals surface area contributed by atoms with Crippen LogP contribution in [0.4, 0.5) is 0 Å². The van der Waals surface area contributed by atoms with Gasteiger partial charge in [-0.25, -0.2) is 4.68 Å². The van der Waals surface area contributed by atoms with Gasteiger partial charge in [0, 0.05) is 52.5 Å². The zero-order valence-electron chi connectivity index (χ0n) is 24.4. The maximum Gasteiger partial charge on any atom is 0.189 e. The first kappa shape index (κ1) is 29.1. The summed E-state index contributed by atoms with van der Waals surface area (Å²) in [7, 11) is -0.683. The smallest absolute Gasteiger partial charge is 0.189 e. The molecule has 7 nitrogen and oxygen atoms in total. The lowest BCUT2D eigenvalue weighted by Gasteiger charge is -2.17. The molecule has 0 saturated carbocycles. The Morgan fingerprint density at radius 1 is 0.923 bits per heavy atom. The van der Waals surface area contributed by atoms with Gasteiger partial charge < -0.3 is 18.9 Å². The monoisotopic (exact) mass is 563 g/mol. The summed E-state index contributed by atoms with van der Waals surface area (Å²) in [4.78, 5) is 0. The van der Waals surface area contributed by atoms with E-state index in [0.29, 0.717) is 30.4 Å². The second kappa shape index (κ2) is 12.1. The second-order valence-corrected chi connectivity index (χ2v) is 23.8. The summed E-state index contributed by atoms with van der Waals surface area (Å²) in [5.74, 6) is 1.35. The van der Waals surface area contributed by atoms with Gasteiger partial charge >= 0.3 is 0 Å². The summed E-state index contributed by atoms with van der Waals surface area (Å²) < 4.78 is 25.6. The minimum atomic E-state index is -1.19. The summed E-state index contributed by atoms with van der Waals surface area (Å²) in [6, 6.07) is 16.1. The summed E-state index contributed by atoms with van der Waals surface area (Å²) in [5.41, 5.74) is 6.96. The fourth-order valence-corrected chi connectivity index (χ4v) is 6.01. The Balaban J connectivity index is 1.61. The van der Waals surface area contributed by atoms with Crippen molar-refractivity contribution in [3.05, 3.63) is 53.1 Å². The van der Waals surface area contributed by atoms with E-state index < -0.39 is 16.1 Å². The van der Waals surface area contributed by atoms with Gasteiger partial charge in [-0.2, -0.15) is 10.4 Å². The molecule has 1 aliphatic carbocycles. The van der Waals surface area contributed by atoms with E-state index in [0.717, 1.165) is 58.8 Å². The van der Waals surface area contributed by atoms with Gasteiger partial charge in [-0.15, -0.1) is 0 Å². The zero-order chi connectivity index (χ0) is 28.2. The number of rotatable bonds is 13. The van der Waals surface area contributed by atoms with Crippen molar-refractivity contribution in [1.29, 1.82) is 5.26 Å². The van der Waals surface area contributed by atoms with Crippen LogP contribution in [-0.4, -0.2) is 53.0 Å². The Hall–Kier alpha value is -2.91. The van der Waals surface area contributed by atoms with Crippen LogP contribution in [-0.2, 0) is 22.6 Å². The van der Waals surface area contributed by atoms with Crippen LogP contribution in [0, 0.1) is 11.3 Å². The number of nitriles is 1. The van der Waals surface area contributed by atoms with Gasteiger partial charge in [0.25, 0.3) is 0 Å². The fraction of sp³-hybridized carbons (Fsp3) is 0.467. The average molecular weight is 564 g/mol. The third-order valence-corrected chi connectivity index (χ3v) is 10.3. The highest BCUT2D eigenvalue weighted by Gasteiger charge is 2.30. The predicted molar refractivity (Wildman–Crippen MR) is 161 cm³/mol. The normalized spacial score (nSPS) is 12.7. The summed E-state index contributed by atoms with van der Waals surface area (Å²) in [6.45, 7) is 16.1. The largest absolute Gasteiger partial charge is 0.493 e. The molecule has 0 radical (unpaired) electrons. The molecule has 1 aliphatic rings. The molecule has 0 spiro atoms. The molecule has 39 heavy (non-hydrogen) atoms. The molecule has 208 valence electrons. The third kappa shape index (κ3) is 7.39. The molecular formula is C30H41N3O4Si2. The SMILES string of the molecule is COc1cc2c(cc1OCOCC[Si](C)(C)C)Cc1c(-c3ccc(C#N)cc3)nn(COCC[Si](C)(C)C)c1-2. The molecular weight excluding hydrogens is 523 g/mol. The first-order valence-corrected chi connectivity index (χ1v) is 21.0. The van der Waals surface area contributed by atoms with E-state index in [1.54, 1.807) is 7.11 Å². The molecule has 0 N–H and O–H groups in total. The van der Waals surface area contributed by atoms with Gasteiger partial charge in [0.15, 0.2) is 18.3 Å². The van der Waals surface area contributed by atoms with Crippen LogP contribution >= 0.6 is 0 Å². The number of aromatic nitrogens is 2. The van der Waals surface area contributed by atoms with Crippen LogP contribution in [0.1, 0.15) is 16.7 Å². The first-order valence-electron chi connectivity index (χ1n) is 13.6. The molecule has 0 aliphatic heterocycles. The fourth-order valence-electron chi connectivity index (χ4n) is 4.50. The molecule has 0 fully saturated rings. The molecule has 1 aromatic heterocycles. The Bertz CT molecular complexity index is 1330. The summed E-state index contributed by atoms with van der Waals surface area (Å²) in [5, 5.41) is 14.2. The molecule has 0 bridgehead atoms. The molecule has 0 atom stereocenters. The predicted octanol–water partition coefficient (Wildman–Crippen LogP) is 7.00. The lowest BCUT2D eigenvalue weighted by Crippen LogP contribution is -2.22. The van der Waals surface area contributed by atoms with Gasteiger partial charge in [-0.05, 0) is 41.9 Å². The molecule has 4 rings (SSSR count). The van der Waals surface area contributed by atoms with Crippen LogP contribution < -0.4 is 9.47 Å². The van der Waals surface area contributed by atoms with Gasteiger partial charge in [-0.3, -0.25) is 0 Å². The Kier molecular flexibility index (Phi) is 9.01. The summed E-state index contributed by atoms with van der Waals surface area (Å²) >= 11 is 0. The molecule has 9 heteroatoms. The maximum absolute atomic E-state index is 9.24. The highest BCUT2D eigenvalue weighted by molar-refractivity contribution is 6.76. The molecule has 0 amide bonds. The van der Waals surface area contributed by atoms with Gasteiger partial charge in [0.05, 0.1) is 30.1 Å². The van der Waals surface area contributed by atoms with Crippen LogP contribution in [0.15, 0.2) is 36.4 Å². The standard InChI is InChI=1S/C30H41N3O4Si2/c1-34-27-18-25-24(17-28(27)37-21-36-13-15-39(5,6)7)16-26-29(23-10-8-22(19-31)9-11-23)32-33(30(25)26)20-35-12-14-38(2,3)4/h8-11,17-18H,12-16,20-21H2,1-7H3. The Morgan fingerprint density at radius 2 is 1.59 bits per heavy atom. The van der Waals surface area contributed by atoms with E-state index in [-0.39, 0.29) is 6.79 Å². The third-order valence-electron chi connectivity index (χ3n) is 6.85. The minimum Gasteiger partial charge on any atom is -0.493 e. The number of hydrogen-bond acceptors (Lipinski definition) is 6. The second-order valence-electron chi connectivity index (χ2n) is 12.5. The lowest BCUT2D eigenvalue weighted by atomic mass is 10.0. The van der Waals surface area contributed by atoms with Crippen molar-refractivity contribution >= 4 is 16.1 Å². The van der Waals surface area contributed by atoms with E-state index in [1.165, 1.54) is 0 Å². The number of ether oxygens (including phenoxy) is 4. The number of methoxy groups -OCH3 is 1. The summed E-state index contributed by atoms with van der Waals surface area (Å²) in [6.07, 6.45) is 0.728. The molecule has 0 unspecified atom stereocenters. The molecule has 0 saturated heterocycles. The zero-order valence-corrected chi connectivity index (χ0v) is 26.4. The van der Waals surface area contributed by atoms with Crippen molar-refractivity contribution in [3.63, 3.8) is 0 Å². The van der Waals surface area contributed by atoms with E-state index >= 15 is 0 Å². The topological polar surface area (TPSA) is 78.5 Å². The van der Waals surface area contributed by atoms with Crippen molar-refractivity contribution in [2.24, 2.45) is 0 Å². The van der Waals surface area contributed by atoms with E-state index in [2.05, 4.69) is 51.4 Å². The van der Waals surface area contributed by atoms with Crippen molar-refractivity contribution in [2.45, 2.75) is 64.5 Å². The highest BCUT2D eigenvalue weighted by atomic mass is 28.3.